The molecule has 2 rings (SSSR count). The van der Waals surface area contributed by atoms with Crippen molar-refractivity contribution in [2.24, 2.45) is 0 Å². The molecule has 0 spiro atoms. The molecular formula is C13H20BNO4. The molecular weight excluding hydrogens is 245 g/mol. The predicted octanol–water partition coefficient (Wildman–Crippen LogP) is 0.365. The summed E-state index contributed by atoms with van der Waals surface area (Å²) in [6.45, 7) is 7.56. The van der Waals surface area contributed by atoms with Gasteiger partial charge in [-0.15, -0.1) is 0 Å². The third-order valence-electron chi connectivity index (χ3n) is 3.93. The first kappa shape index (κ1) is 14.5. The number of aromatic nitrogens is 1. The minimum absolute atomic E-state index is 0.170. The second-order valence-electron chi connectivity index (χ2n) is 5.78. The minimum Gasteiger partial charge on any atom is -0.399 e. The van der Waals surface area contributed by atoms with E-state index in [1.54, 1.807) is 12.3 Å². The van der Waals surface area contributed by atoms with E-state index in [0.29, 0.717) is 11.3 Å². The average molecular weight is 265 g/mol. The summed E-state index contributed by atoms with van der Waals surface area (Å²) in [5, 5.41) is 18.4. The lowest BCUT2D eigenvalue weighted by Gasteiger charge is -2.32. The van der Waals surface area contributed by atoms with E-state index in [-0.39, 0.29) is 13.2 Å². The van der Waals surface area contributed by atoms with Crippen molar-refractivity contribution < 1.29 is 19.5 Å². The number of rotatable bonds is 3. The Labute approximate surface area is 113 Å². The molecule has 2 N–H and O–H groups in total. The molecule has 6 heteroatoms. The Morgan fingerprint density at radius 3 is 2.16 bits per heavy atom. The maximum atomic E-state index is 9.29. The lowest BCUT2D eigenvalue weighted by Crippen LogP contribution is -2.41. The molecule has 0 amide bonds. The lowest BCUT2D eigenvalue weighted by molar-refractivity contribution is 0.00578. The zero-order valence-electron chi connectivity index (χ0n) is 11.8. The summed E-state index contributed by atoms with van der Waals surface area (Å²) in [7, 11) is -0.504. The van der Waals surface area contributed by atoms with Crippen molar-refractivity contribution in [1.82, 2.24) is 4.98 Å². The molecule has 2 heterocycles. The van der Waals surface area contributed by atoms with Gasteiger partial charge in [-0.05, 0) is 27.7 Å². The third kappa shape index (κ3) is 2.53. The van der Waals surface area contributed by atoms with Gasteiger partial charge in [-0.2, -0.15) is 0 Å². The van der Waals surface area contributed by atoms with Gasteiger partial charge in [0, 0.05) is 17.2 Å². The lowest BCUT2D eigenvalue weighted by atomic mass is 9.79. The van der Waals surface area contributed by atoms with E-state index in [2.05, 4.69) is 4.98 Å². The van der Waals surface area contributed by atoms with Gasteiger partial charge in [-0.1, -0.05) is 6.07 Å². The quantitative estimate of drug-likeness (QED) is 0.772. The Hall–Kier alpha value is -0.945. The van der Waals surface area contributed by atoms with E-state index >= 15 is 0 Å². The SMILES string of the molecule is CC1(C)OB(c2cnc(CO)c(CO)c2)OC1(C)C. The highest BCUT2D eigenvalue weighted by Crippen LogP contribution is 2.36. The summed E-state index contributed by atoms with van der Waals surface area (Å²) in [5.41, 5.74) is 0.997. The number of aliphatic hydroxyl groups is 2. The molecule has 0 aliphatic carbocycles. The van der Waals surface area contributed by atoms with Crippen LogP contribution in [0.1, 0.15) is 39.0 Å². The fraction of sp³-hybridized carbons (Fsp3) is 0.615. The van der Waals surface area contributed by atoms with Gasteiger partial charge in [-0.25, -0.2) is 0 Å². The fourth-order valence-corrected chi connectivity index (χ4v) is 1.94. The normalized spacial score (nSPS) is 20.8. The monoisotopic (exact) mass is 265 g/mol. The predicted molar refractivity (Wildman–Crippen MR) is 71.8 cm³/mol. The Bertz CT molecular complexity index is 460. The summed E-state index contributed by atoms with van der Waals surface area (Å²) in [6, 6.07) is 1.76. The van der Waals surface area contributed by atoms with Crippen LogP contribution < -0.4 is 5.46 Å². The van der Waals surface area contributed by atoms with E-state index in [9.17, 15) is 5.11 Å². The molecule has 1 aliphatic heterocycles. The smallest absolute Gasteiger partial charge is 0.399 e. The third-order valence-corrected chi connectivity index (χ3v) is 3.93. The standard InChI is InChI=1S/C13H20BNO4/c1-12(2)13(3,4)19-14(18-12)10-5-9(7-16)11(8-17)15-6-10/h5-6,16-17H,7-8H2,1-4H3. The summed E-state index contributed by atoms with van der Waals surface area (Å²) in [6.07, 6.45) is 1.62. The van der Waals surface area contributed by atoms with Crippen molar-refractivity contribution in [3.63, 3.8) is 0 Å². The number of aliphatic hydroxyl groups excluding tert-OH is 2. The van der Waals surface area contributed by atoms with Gasteiger partial charge >= 0.3 is 7.12 Å². The Morgan fingerprint density at radius 2 is 1.68 bits per heavy atom. The molecule has 19 heavy (non-hydrogen) atoms. The van der Waals surface area contributed by atoms with Gasteiger partial charge in [0.2, 0.25) is 0 Å². The van der Waals surface area contributed by atoms with Crippen LogP contribution in [0, 0.1) is 0 Å². The molecule has 0 unspecified atom stereocenters. The fourth-order valence-electron chi connectivity index (χ4n) is 1.94. The molecule has 1 aliphatic rings. The van der Waals surface area contributed by atoms with Gasteiger partial charge in [-0.3, -0.25) is 4.98 Å². The molecule has 1 aromatic heterocycles. The minimum atomic E-state index is -0.504. The molecule has 0 bridgehead atoms. The second-order valence-corrected chi connectivity index (χ2v) is 5.78. The van der Waals surface area contributed by atoms with E-state index < -0.39 is 18.3 Å². The Balaban J connectivity index is 2.30. The van der Waals surface area contributed by atoms with Gasteiger partial charge < -0.3 is 19.5 Å². The largest absolute Gasteiger partial charge is 0.496 e. The van der Waals surface area contributed by atoms with Gasteiger partial charge in [0.05, 0.1) is 30.1 Å². The summed E-state index contributed by atoms with van der Waals surface area (Å²) < 4.78 is 11.8. The zero-order chi connectivity index (χ0) is 14.3. The van der Waals surface area contributed by atoms with E-state index in [0.717, 1.165) is 5.46 Å². The van der Waals surface area contributed by atoms with Crippen molar-refractivity contribution in [2.45, 2.75) is 52.1 Å². The van der Waals surface area contributed by atoms with Crippen molar-refractivity contribution in [3.05, 3.63) is 23.5 Å². The average Bonchev–Trinajstić information content (AvgIpc) is 2.57. The maximum absolute atomic E-state index is 9.29. The van der Waals surface area contributed by atoms with Crippen LogP contribution in [0.15, 0.2) is 12.3 Å². The molecule has 0 radical (unpaired) electrons. The van der Waals surface area contributed by atoms with Crippen molar-refractivity contribution in [2.75, 3.05) is 0 Å². The van der Waals surface area contributed by atoms with Crippen LogP contribution in [-0.2, 0) is 22.5 Å². The number of nitrogens with zero attached hydrogens (tertiary/aromatic N) is 1. The van der Waals surface area contributed by atoms with Crippen molar-refractivity contribution in [1.29, 1.82) is 0 Å². The van der Waals surface area contributed by atoms with Crippen LogP contribution in [0.3, 0.4) is 0 Å². The van der Waals surface area contributed by atoms with Gasteiger partial charge in [0.15, 0.2) is 0 Å². The topological polar surface area (TPSA) is 71.8 Å². The van der Waals surface area contributed by atoms with Crippen LogP contribution in [0.5, 0.6) is 0 Å². The van der Waals surface area contributed by atoms with Gasteiger partial charge in [0.1, 0.15) is 0 Å². The van der Waals surface area contributed by atoms with Crippen LogP contribution in [0.2, 0.25) is 0 Å². The highest BCUT2D eigenvalue weighted by Gasteiger charge is 2.51. The van der Waals surface area contributed by atoms with Crippen LogP contribution in [0.25, 0.3) is 0 Å². The van der Waals surface area contributed by atoms with Gasteiger partial charge in [0.25, 0.3) is 0 Å². The van der Waals surface area contributed by atoms with Crippen LogP contribution in [-0.4, -0.2) is 33.5 Å². The molecule has 1 aromatic rings. The molecule has 0 aromatic carbocycles. The van der Waals surface area contributed by atoms with Crippen LogP contribution >= 0.6 is 0 Å². The first-order valence-electron chi connectivity index (χ1n) is 6.36. The summed E-state index contributed by atoms with van der Waals surface area (Å²) >= 11 is 0. The number of pyridine rings is 1. The first-order chi connectivity index (χ1) is 8.80. The Morgan fingerprint density at radius 1 is 1.11 bits per heavy atom. The highest BCUT2D eigenvalue weighted by molar-refractivity contribution is 6.62. The summed E-state index contributed by atoms with van der Waals surface area (Å²) in [4.78, 5) is 4.14. The molecule has 1 fully saturated rings. The van der Waals surface area contributed by atoms with Crippen molar-refractivity contribution >= 4 is 12.6 Å². The second kappa shape index (κ2) is 4.87. The summed E-state index contributed by atoms with van der Waals surface area (Å²) in [5.74, 6) is 0. The van der Waals surface area contributed by atoms with Crippen molar-refractivity contribution in [3.8, 4) is 0 Å². The molecule has 0 saturated carbocycles. The highest BCUT2D eigenvalue weighted by atomic mass is 16.7. The van der Waals surface area contributed by atoms with Crippen LogP contribution in [0.4, 0.5) is 0 Å². The number of hydrogen-bond donors (Lipinski definition) is 2. The molecule has 104 valence electrons. The zero-order valence-corrected chi connectivity index (χ0v) is 11.8. The maximum Gasteiger partial charge on any atom is 0.496 e. The van der Waals surface area contributed by atoms with E-state index in [4.69, 9.17) is 14.4 Å². The Kier molecular flexibility index (Phi) is 3.70. The first-order valence-corrected chi connectivity index (χ1v) is 6.36. The molecule has 0 atom stereocenters. The van der Waals surface area contributed by atoms with E-state index in [1.165, 1.54) is 0 Å². The van der Waals surface area contributed by atoms with E-state index in [1.807, 2.05) is 27.7 Å². The molecule has 1 saturated heterocycles. The number of hydrogen-bond acceptors (Lipinski definition) is 5. The molecule has 5 nitrogen and oxygen atoms in total.